The fourth-order valence-corrected chi connectivity index (χ4v) is 2.76. The number of para-hydroxylation sites is 1. The Labute approximate surface area is 135 Å². The van der Waals surface area contributed by atoms with Crippen LogP contribution in [0.4, 0.5) is 5.69 Å². The Morgan fingerprint density at radius 2 is 1.87 bits per heavy atom. The Bertz CT molecular complexity index is 834. The summed E-state index contributed by atoms with van der Waals surface area (Å²) in [7, 11) is 1.41. The number of ether oxygens (including phenoxy) is 1. The number of rotatable bonds is 4. The maximum Gasteiger partial charge on any atom is 0.333 e. The first-order valence-electron chi connectivity index (χ1n) is 7.58. The van der Waals surface area contributed by atoms with Crippen molar-refractivity contribution in [3.63, 3.8) is 0 Å². The van der Waals surface area contributed by atoms with E-state index in [0.717, 1.165) is 27.7 Å². The molecular formula is C19H20N2O2. The fraction of sp³-hybridized carbons (Fsp3) is 0.211. The number of carbonyl (C=O) groups is 1. The van der Waals surface area contributed by atoms with E-state index in [1.165, 1.54) is 12.7 Å². The second-order valence-corrected chi connectivity index (χ2v) is 5.71. The fourth-order valence-electron chi connectivity index (χ4n) is 2.76. The van der Waals surface area contributed by atoms with Gasteiger partial charge in [-0.15, -0.1) is 0 Å². The molecule has 4 nitrogen and oxygen atoms in total. The van der Waals surface area contributed by atoms with Crippen molar-refractivity contribution in [1.82, 2.24) is 4.98 Å². The van der Waals surface area contributed by atoms with Gasteiger partial charge < -0.3 is 15.0 Å². The minimum Gasteiger partial charge on any atom is -0.467 e. The highest BCUT2D eigenvalue weighted by Crippen LogP contribution is 2.29. The Morgan fingerprint density at radius 1 is 1.13 bits per heavy atom. The molecule has 1 heterocycles. The summed E-state index contributed by atoms with van der Waals surface area (Å²) in [5, 5.41) is 4.30. The molecule has 1 atom stereocenters. The minimum absolute atomic E-state index is 0.312. The van der Waals surface area contributed by atoms with Crippen LogP contribution in [0.3, 0.4) is 0 Å². The highest BCUT2D eigenvalue weighted by Gasteiger charge is 2.24. The molecule has 0 saturated heterocycles. The van der Waals surface area contributed by atoms with E-state index in [1.807, 2.05) is 62.5 Å². The van der Waals surface area contributed by atoms with Gasteiger partial charge in [0.1, 0.15) is 0 Å². The molecule has 0 aliphatic rings. The standard InChI is InChI=1S/C19H20N2O2/c1-12-7-9-14(10-8-12)21-18(19(22)23-3)16-11-20-17-13(2)5-4-6-15(16)17/h4-11,18,20-21H,1-3H3. The number of hydrogen-bond acceptors (Lipinski definition) is 3. The van der Waals surface area contributed by atoms with Crippen LogP contribution in [0.15, 0.2) is 48.7 Å². The smallest absolute Gasteiger partial charge is 0.333 e. The molecule has 1 unspecified atom stereocenters. The Balaban J connectivity index is 2.03. The van der Waals surface area contributed by atoms with Crippen molar-refractivity contribution < 1.29 is 9.53 Å². The molecule has 118 valence electrons. The molecule has 2 N–H and O–H groups in total. The number of aromatic amines is 1. The number of benzene rings is 2. The van der Waals surface area contributed by atoms with Crippen molar-refractivity contribution >= 4 is 22.6 Å². The lowest BCUT2D eigenvalue weighted by atomic mass is 10.0. The number of aryl methyl sites for hydroxylation is 2. The van der Waals surface area contributed by atoms with Gasteiger partial charge in [-0.1, -0.05) is 35.9 Å². The highest BCUT2D eigenvalue weighted by molar-refractivity contribution is 5.92. The molecule has 4 heteroatoms. The van der Waals surface area contributed by atoms with Crippen molar-refractivity contribution in [3.05, 3.63) is 65.4 Å². The summed E-state index contributed by atoms with van der Waals surface area (Å²) < 4.78 is 5.00. The third kappa shape index (κ3) is 2.93. The third-order valence-electron chi connectivity index (χ3n) is 4.07. The van der Waals surface area contributed by atoms with Crippen LogP contribution < -0.4 is 5.32 Å². The minimum atomic E-state index is -0.557. The van der Waals surface area contributed by atoms with E-state index in [0.29, 0.717) is 0 Å². The lowest BCUT2D eigenvalue weighted by Gasteiger charge is -2.17. The molecule has 0 aliphatic heterocycles. The monoisotopic (exact) mass is 308 g/mol. The molecule has 23 heavy (non-hydrogen) atoms. The SMILES string of the molecule is COC(=O)C(Nc1ccc(C)cc1)c1c[nH]c2c(C)cccc12. The number of anilines is 1. The molecule has 3 rings (SSSR count). The number of hydrogen-bond donors (Lipinski definition) is 2. The van der Waals surface area contributed by atoms with Gasteiger partial charge in [-0.3, -0.25) is 0 Å². The third-order valence-corrected chi connectivity index (χ3v) is 4.07. The summed E-state index contributed by atoms with van der Waals surface area (Å²) in [6, 6.07) is 13.4. The number of aromatic nitrogens is 1. The number of nitrogens with one attached hydrogen (secondary N) is 2. The molecule has 1 aromatic heterocycles. The first kappa shape index (κ1) is 15.2. The highest BCUT2D eigenvalue weighted by atomic mass is 16.5. The molecule has 0 amide bonds. The van der Waals surface area contributed by atoms with Crippen LogP contribution in [0.5, 0.6) is 0 Å². The van der Waals surface area contributed by atoms with E-state index in [9.17, 15) is 4.79 Å². The first-order valence-corrected chi connectivity index (χ1v) is 7.58. The van der Waals surface area contributed by atoms with Crippen LogP contribution in [-0.2, 0) is 9.53 Å². The molecule has 0 aliphatic carbocycles. The maximum absolute atomic E-state index is 12.3. The van der Waals surface area contributed by atoms with E-state index in [2.05, 4.69) is 10.3 Å². The molecular weight excluding hydrogens is 288 g/mol. The Morgan fingerprint density at radius 3 is 2.57 bits per heavy atom. The largest absolute Gasteiger partial charge is 0.467 e. The summed E-state index contributed by atoms with van der Waals surface area (Å²) in [5.41, 5.74) is 5.13. The number of methoxy groups -OCH3 is 1. The van der Waals surface area contributed by atoms with Gasteiger partial charge in [0, 0.05) is 28.4 Å². The van der Waals surface area contributed by atoms with Crippen molar-refractivity contribution in [1.29, 1.82) is 0 Å². The molecule has 0 fully saturated rings. The van der Waals surface area contributed by atoms with Crippen molar-refractivity contribution in [2.45, 2.75) is 19.9 Å². The molecule has 0 spiro atoms. The Kier molecular flexibility index (Phi) is 4.06. The van der Waals surface area contributed by atoms with E-state index in [-0.39, 0.29) is 5.97 Å². The molecule has 0 radical (unpaired) electrons. The molecule has 3 aromatic rings. The van der Waals surface area contributed by atoms with Crippen molar-refractivity contribution in [2.75, 3.05) is 12.4 Å². The predicted molar refractivity (Wildman–Crippen MR) is 92.6 cm³/mol. The van der Waals surface area contributed by atoms with Gasteiger partial charge in [-0.2, -0.15) is 0 Å². The van der Waals surface area contributed by atoms with E-state index in [1.54, 1.807) is 0 Å². The lowest BCUT2D eigenvalue weighted by molar-refractivity contribution is -0.141. The second-order valence-electron chi connectivity index (χ2n) is 5.71. The van der Waals surface area contributed by atoms with Gasteiger partial charge in [0.15, 0.2) is 6.04 Å². The quantitative estimate of drug-likeness (QED) is 0.713. The summed E-state index contributed by atoms with van der Waals surface area (Å²) in [5.74, 6) is -0.312. The zero-order valence-corrected chi connectivity index (χ0v) is 13.5. The van der Waals surface area contributed by atoms with Crippen molar-refractivity contribution in [2.24, 2.45) is 0 Å². The van der Waals surface area contributed by atoms with Crippen LogP contribution in [0.2, 0.25) is 0 Å². The average Bonchev–Trinajstić information content (AvgIpc) is 2.99. The van der Waals surface area contributed by atoms with E-state index in [4.69, 9.17) is 4.74 Å². The van der Waals surface area contributed by atoms with Gasteiger partial charge >= 0.3 is 5.97 Å². The first-order chi connectivity index (χ1) is 11.1. The summed E-state index contributed by atoms with van der Waals surface area (Å²) in [6.45, 7) is 4.08. The average molecular weight is 308 g/mol. The van der Waals surface area contributed by atoms with E-state index < -0.39 is 6.04 Å². The van der Waals surface area contributed by atoms with Crippen molar-refractivity contribution in [3.8, 4) is 0 Å². The number of fused-ring (bicyclic) bond motifs is 1. The van der Waals surface area contributed by atoms with Crippen LogP contribution in [0.25, 0.3) is 10.9 Å². The predicted octanol–water partition coefficient (Wildman–Crippen LogP) is 4.11. The summed E-state index contributed by atoms with van der Waals surface area (Å²) in [6.07, 6.45) is 1.88. The summed E-state index contributed by atoms with van der Waals surface area (Å²) in [4.78, 5) is 15.6. The van der Waals surface area contributed by atoms with Gasteiger partial charge in [0.05, 0.1) is 7.11 Å². The van der Waals surface area contributed by atoms with Crippen LogP contribution in [-0.4, -0.2) is 18.1 Å². The van der Waals surface area contributed by atoms with Crippen LogP contribution in [0.1, 0.15) is 22.7 Å². The van der Waals surface area contributed by atoms with E-state index >= 15 is 0 Å². The number of H-pyrrole nitrogens is 1. The number of carbonyl (C=O) groups excluding carboxylic acids is 1. The van der Waals surface area contributed by atoms with Crippen LogP contribution >= 0.6 is 0 Å². The van der Waals surface area contributed by atoms with Gasteiger partial charge in [-0.25, -0.2) is 4.79 Å². The van der Waals surface area contributed by atoms with Gasteiger partial charge in [-0.05, 0) is 31.5 Å². The second kappa shape index (κ2) is 6.16. The molecule has 2 aromatic carbocycles. The van der Waals surface area contributed by atoms with Gasteiger partial charge in [0.25, 0.3) is 0 Å². The topological polar surface area (TPSA) is 54.1 Å². The summed E-state index contributed by atoms with van der Waals surface area (Å²) >= 11 is 0. The molecule has 0 saturated carbocycles. The zero-order valence-electron chi connectivity index (χ0n) is 13.5. The van der Waals surface area contributed by atoms with Gasteiger partial charge in [0.2, 0.25) is 0 Å². The molecule has 0 bridgehead atoms. The normalized spacial score (nSPS) is 12.1. The van der Waals surface area contributed by atoms with Crippen LogP contribution in [0, 0.1) is 13.8 Å². The zero-order chi connectivity index (χ0) is 16.4. The lowest BCUT2D eigenvalue weighted by Crippen LogP contribution is -2.22. The maximum atomic E-state index is 12.3. The Hall–Kier alpha value is -2.75. The number of esters is 1.